The van der Waals surface area contributed by atoms with E-state index in [0.29, 0.717) is 17.5 Å². The van der Waals surface area contributed by atoms with Gasteiger partial charge in [-0.1, -0.05) is 127 Å². The predicted octanol–water partition coefficient (Wildman–Crippen LogP) is 12.1. The lowest BCUT2D eigenvalue weighted by Crippen LogP contribution is -2.00. The third kappa shape index (κ3) is 3.98. The molecule has 0 aliphatic carbocycles. The fourth-order valence-electron chi connectivity index (χ4n) is 7.60. The first kappa shape index (κ1) is 27.1. The van der Waals surface area contributed by atoms with Crippen molar-refractivity contribution in [3.8, 4) is 45.3 Å². The van der Waals surface area contributed by atoms with Gasteiger partial charge in [-0.05, 0) is 45.5 Å². The Morgan fingerprint density at radius 1 is 0.280 bits per heavy atom. The molecular weight excluding hydrogens is 615 g/mol. The van der Waals surface area contributed by atoms with Crippen molar-refractivity contribution in [2.75, 3.05) is 0 Å². The van der Waals surface area contributed by atoms with E-state index in [-0.39, 0.29) is 0 Å². The molecule has 0 bridgehead atoms. The molecule has 3 heterocycles. The summed E-state index contributed by atoms with van der Waals surface area (Å²) < 4.78 is 13.1. The van der Waals surface area contributed by atoms with Gasteiger partial charge in [0.15, 0.2) is 17.5 Å². The van der Waals surface area contributed by atoms with Crippen molar-refractivity contribution in [3.05, 3.63) is 152 Å². The van der Waals surface area contributed by atoms with E-state index in [9.17, 15) is 0 Å². The van der Waals surface area contributed by atoms with Crippen molar-refractivity contribution in [1.29, 1.82) is 0 Å². The van der Waals surface area contributed by atoms with Crippen molar-refractivity contribution in [1.82, 2.24) is 15.0 Å². The molecule has 0 aliphatic rings. The monoisotopic (exact) mass is 639 g/mol. The number of furan rings is 2. The molecule has 0 aliphatic heterocycles. The summed E-state index contributed by atoms with van der Waals surface area (Å²) in [5.74, 6) is 1.81. The Bertz CT molecular complexity index is 3070. The lowest BCUT2D eigenvalue weighted by molar-refractivity contribution is 0.656. The summed E-state index contributed by atoms with van der Waals surface area (Å²) >= 11 is 0. The van der Waals surface area contributed by atoms with Crippen LogP contribution in [0.25, 0.3) is 111 Å². The van der Waals surface area contributed by atoms with E-state index in [0.717, 1.165) is 71.5 Å². The molecule has 0 spiro atoms. The molecule has 0 saturated heterocycles. The summed E-state index contributed by atoms with van der Waals surface area (Å²) in [6.45, 7) is 0. The number of hydrogen-bond donors (Lipinski definition) is 0. The standard InChI is InChI=1S/C45H25N3O2/c1-3-10-26(11-4-1)27-18-20-29(21-19-27)44-46-43(28-12-5-2-6-13-28)47-45(48-44)30-22-23-34-36(24-30)50-37-25-38-42-39-32(16-9-17-35(39)49-38)31-14-7-8-15-33(31)41(42)40(34)37/h1-25H. The van der Waals surface area contributed by atoms with Crippen LogP contribution in [0.5, 0.6) is 0 Å². The van der Waals surface area contributed by atoms with Gasteiger partial charge in [-0.25, -0.2) is 15.0 Å². The number of hydrogen-bond acceptors (Lipinski definition) is 5. The highest BCUT2D eigenvalue weighted by Gasteiger charge is 2.23. The van der Waals surface area contributed by atoms with Crippen LogP contribution >= 0.6 is 0 Å². The Kier molecular flexibility index (Phi) is 5.60. The molecule has 5 nitrogen and oxygen atoms in total. The first-order valence-corrected chi connectivity index (χ1v) is 16.7. The molecule has 8 aromatic carbocycles. The molecule has 232 valence electrons. The van der Waals surface area contributed by atoms with Crippen LogP contribution in [0.3, 0.4) is 0 Å². The Morgan fingerprint density at radius 2 is 0.780 bits per heavy atom. The molecule has 11 aromatic rings. The molecule has 0 amide bonds. The van der Waals surface area contributed by atoms with Crippen LogP contribution in [0.1, 0.15) is 0 Å². The van der Waals surface area contributed by atoms with Gasteiger partial charge in [-0.15, -0.1) is 0 Å². The second kappa shape index (κ2) is 10.3. The van der Waals surface area contributed by atoms with E-state index >= 15 is 0 Å². The maximum Gasteiger partial charge on any atom is 0.164 e. The molecule has 0 unspecified atom stereocenters. The van der Waals surface area contributed by atoms with Gasteiger partial charge in [-0.3, -0.25) is 0 Å². The SMILES string of the molecule is c1ccc(-c2ccc(-c3nc(-c4ccccc4)nc(-c4ccc5c(c4)oc4cc6oc7cccc8c9ccccc9c(c45)c6c78)n3)cc2)cc1. The molecule has 0 atom stereocenters. The Balaban J connectivity index is 1.11. The third-order valence-corrected chi connectivity index (χ3v) is 9.88. The Hall–Kier alpha value is -6.85. The number of rotatable bonds is 4. The molecule has 3 aromatic heterocycles. The molecule has 0 fully saturated rings. The zero-order chi connectivity index (χ0) is 32.8. The normalized spacial score (nSPS) is 12.0. The van der Waals surface area contributed by atoms with E-state index in [2.05, 4.69) is 103 Å². The minimum absolute atomic E-state index is 0.583. The van der Waals surface area contributed by atoms with Crippen LogP contribution in [-0.2, 0) is 0 Å². The van der Waals surface area contributed by atoms with Gasteiger partial charge in [0.25, 0.3) is 0 Å². The number of aromatic nitrogens is 3. The molecular formula is C45H25N3O2. The van der Waals surface area contributed by atoms with E-state index in [1.54, 1.807) is 0 Å². The maximum atomic E-state index is 6.65. The highest BCUT2D eigenvalue weighted by molar-refractivity contribution is 6.40. The average Bonchev–Trinajstić information content (AvgIpc) is 3.75. The van der Waals surface area contributed by atoms with Crippen LogP contribution in [-0.4, -0.2) is 15.0 Å². The summed E-state index contributed by atoms with van der Waals surface area (Å²) in [5.41, 5.74) is 8.28. The second-order valence-electron chi connectivity index (χ2n) is 12.8. The first-order valence-electron chi connectivity index (χ1n) is 16.7. The van der Waals surface area contributed by atoms with Gasteiger partial charge >= 0.3 is 0 Å². The highest BCUT2D eigenvalue weighted by Crippen LogP contribution is 2.48. The first-order chi connectivity index (χ1) is 24.8. The quantitative estimate of drug-likeness (QED) is 0.179. The Labute approximate surface area is 285 Å². The summed E-state index contributed by atoms with van der Waals surface area (Å²) in [6, 6.07) is 52.0. The number of nitrogens with zero attached hydrogens (tertiary/aromatic N) is 3. The summed E-state index contributed by atoms with van der Waals surface area (Å²) in [5, 5.41) is 9.17. The predicted molar refractivity (Wildman–Crippen MR) is 202 cm³/mol. The fourth-order valence-corrected chi connectivity index (χ4v) is 7.60. The van der Waals surface area contributed by atoms with Gasteiger partial charge in [0, 0.05) is 49.7 Å². The van der Waals surface area contributed by atoms with Crippen LogP contribution in [0.2, 0.25) is 0 Å². The largest absolute Gasteiger partial charge is 0.456 e. The van der Waals surface area contributed by atoms with Crippen molar-refractivity contribution in [2.45, 2.75) is 0 Å². The topological polar surface area (TPSA) is 65.0 Å². The lowest BCUT2D eigenvalue weighted by atomic mass is 9.92. The van der Waals surface area contributed by atoms with Crippen molar-refractivity contribution in [3.63, 3.8) is 0 Å². The average molecular weight is 640 g/mol. The second-order valence-corrected chi connectivity index (χ2v) is 12.8. The minimum Gasteiger partial charge on any atom is -0.456 e. The van der Waals surface area contributed by atoms with Crippen LogP contribution in [0.15, 0.2) is 160 Å². The van der Waals surface area contributed by atoms with Gasteiger partial charge in [0.2, 0.25) is 0 Å². The molecule has 50 heavy (non-hydrogen) atoms. The maximum absolute atomic E-state index is 6.65. The molecule has 5 heteroatoms. The highest BCUT2D eigenvalue weighted by atomic mass is 16.3. The summed E-state index contributed by atoms with van der Waals surface area (Å²) in [4.78, 5) is 15.0. The summed E-state index contributed by atoms with van der Waals surface area (Å²) in [6.07, 6.45) is 0. The van der Waals surface area contributed by atoms with Gasteiger partial charge in [0.05, 0.1) is 0 Å². The lowest BCUT2D eigenvalue weighted by Gasteiger charge is -2.09. The number of fused-ring (bicyclic) bond motifs is 7. The number of benzene rings is 8. The fraction of sp³-hybridized carbons (Fsp3) is 0. The smallest absolute Gasteiger partial charge is 0.164 e. The zero-order valence-corrected chi connectivity index (χ0v) is 26.6. The Morgan fingerprint density at radius 3 is 1.54 bits per heavy atom. The van der Waals surface area contributed by atoms with Gasteiger partial charge in [-0.2, -0.15) is 0 Å². The van der Waals surface area contributed by atoms with E-state index < -0.39 is 0 Å². The van der Waals surface area contributed by atoms with Crippen LogP contribution < -0.4 is 0 Å². The van der Waals surface area contributed by atoms with E-state index in [1.165, 1.54) is 21.7 Å². The van der Waals surface area contributed by atoms with Crippen molar-refractivity contribution in [2.24, 2.45) is 0 Å². The molecule has 0 radical (unpaired) electrons. The molecule has 0 N–H and O–H groups in total. The van der Waals surface area contributed by atoms with Crippen LogP contribution in [0, 0.1) is 0 Å². The molecule has 0 saturated carbocycles. The van der Waals surface area contributed by atoms with E-state index in [1.807, 2.05) is 48.5 Å². The zero-order valence-electron chi connectivity index (χ0n) is 26.6. The van der Waals surface area contributed by atoms with Crippen molar-refractivity contribution >= 4 is 65.4 Å². The molecule has 11 rings (SSSR count). The van der Waals surface area contributed by atoms with E-state index in [4.69, 9.17) is 23.8 Å². The van der Waals surface area contributed by atoms with Crippen LogP contribution in [0.4, 0.5) is 0 Å². The van der Waals surface area contributed by atoms with Crippen molar-refractivity contribution < 1.29 is 8.83 Å². The van der Waals surface area contributed by atoms with Gasteiger partial charge < -0.3 is 8.83 Å². The minimum atomic E-state index is 0.583. The third-order valence-electron chi connectivity index (χ3n) is 9.88. The van der Waals surface area contributed by atoms with Gasteiger partial charge in [0.1, 0.15) is 22.3 Å². The summed E-state index contributed by atoms with van der Waals surface area (Å²) in [7, 11) is 0.